The molecular formula is C46H66N2O12S. The smallest absolute Gasteiger partial charge is 0.303 e. The molecule has 2 heterocycles. The van der Waals surface area contributed by atoms with E-state index in [1.807, 2.05) is 26.0 Å². The van der Waals surface area contributed by atoms with Gasteiger partial charge < -0.3 is 47.4 Å². The summed E-state index contributed by atoms with van der Waals surface area (Å²) in [4.78, 5) is 13.0. The van der Waals surface area contributed by atoms with Crippen LogP contribution in [0.5, 0.6) is 0 Å². The Balaban J connectivity index is 1.68. The third-order valence-electron chi connectivity index (χ3n) is 10.5. The van der Waals surface area contributed by atoms with E-state index in [0.717, 1.165) is 57.8 Å². The standard InChI is InChI=1S/C46H66N2O12S/c1-45(2,3)43-32-35(12-11-13-42-46(4,5)39-34-37(61(51,52)53)16-18-40(39)48(42)19-10-8-9-14-44(49)50)38-17-15-36(33-41(38)60-43)47(20-22-56-28-30-58-26-24-54-6)21-23-57-29-31-59-27-25-55-7/h11-13,15-18,32-34H,8-10,14,19-31H2,1-7H3,(H-,49,50,51,52,53). The SMILES string of the molecule is COCCOCCOCC[N+](CCOCCOCCOC)=c1ccc2c(/C=C/C=C3/N(CCCCCC(=O)O)c4ccc(S(=O)(=O)[O-])cc4C3(C)C)cc(C(C)(C)C)oc-2c1. The average Bonchev–Trinajstić information content (AvgIpc) is 3.41. The molecule has 0 bridgehead atoms. The van der Waals surface area contributed by atoms with Crippen molar-refractivity contribution in [3.05, 3.63) is 82.6 Å². The van der Waals surface area contributed by atoms with Crippen LogP contribution in [0.3, 0.4) is 0 Å². The van der Waals surface area contributed by atoms with Crippen molar-refractivity contribution < 1.29 is 55.7 Å². The lowest BCUT2D eigenvalue weighted by Crippen LogP contribution is -2.36. The molecule has 0 aromatic heterocycles. The van der Waals surface area contributed by atoms with Crippen LogP contribution in [0.25, 0.3) is 17.4 Å². The highest BCUT2D eigenvalue weighted by Gasteiger charge is 2.40. The molecule has 0 saturated carbocycles. The number of allylic oxidation sites excluding steroid dienone is 3. The predicted molar refractivity (Wildman–Crippen MR) is 234 cm³/mol. The minimum atomic E-state index is -4.66. The number of rotatable bonds is 27. The zero-order valence-electron chi connectivity index (χ0n) is 37.0. The summed E-state index contributed by atoms with van der Waals surface area (Å²) in [7, 11) is -1.38. The lowest BCUT2D eigenvalue weighted by Gasteiger charge is -2.27. The first-order valence-corrected chi connectivity index (χ1v) is 22.4. The van der Waals surface area contributed by atoms with Gasteiger partial charge in [0.2, 0.25) is 5.36 Å². The predicted octanol–water partition coefficient (Wildman–Crippen LogP) is 6.06. The lowest BCUT2D eigenvalue weighted by atomic mass is 9.83. The highest BCUT2D eigenvalue weighted by molar-refractivity contribution is 7.85. The Bertz CT molecular complexity index is 2040. The molecule has 2 aliphatic heterocycles. The molecule has 1 aromatic carbocycles. The van der Waals surface area contributed by atoms with E-state index in [1.54, 1.807) is 20.3 Å². The Kier molecular flexibility index (Phi) is 19.6. The number of carbonyl (C=O) groups is 1. The van der Waals surface area contributed by atoms with Crippen molar-refractivity contribution in [2.45, 2.75) is 76.0 Å². The second-order valence-electron chi connectivity index (χ2n) is 16.4. The van der Waals surface area contributed by atoms with Gasteiger partial charge >= 0.3 is 5.97 Å². The van der Waals surface area contributed by atoms with E-state index in [2.05, 4.69) is 60.6 Å². The van der Waals surface area contributed by atoms with Crippen molar-refractivity contribution in [3.8, 4) is 11.3 Å². The van der Waals surface area contributed by atoms with Crippen molar-refractivity contribution in [2.24, 2.45) is 0 Å². The molecule has 15 heteroatoms. The Labute approximate surface area is 361 Å². The van der Waals surface area contributed by atoms with Crippen LogP contribution in [0.4, 0.5) is 5.69 Å². The van der Waals surface area contributed by atoms with E-state index in [4.69, 9.17) is 37.9 Å². The van der Waals surface area contributed by atoms with Crippen LogP contribution >= 0.6 is 0 Å². The maximum absolute atomic E-state index is 12.0. The fourth-order valence-electron chi connectivity index (χ4n) is 7.07. The van der Waals surface area contributed by atoms with Gasteiger partial charge in [0.15, 0.2) is 13.1 Å². The second kappa shape index (κ2) is 24.1. The average molecular weight is 871 g/mol. The molecule has 0 amide bonds. The van der Waals surface area contributed by atoms with E-state index in [-0.39, 0.29) is 16.7 Å². The minimum absolute atomic E-state index is 0.103. The van der Waals surface area contributed by atoms with Crippen LogP contribution in [0, 0.1) is 0 Å². The number of fused-ring (bicyclic) bond motifs is 2. The van der Waals surface area contributed by atoms with Crippen LogP contribution in [0.2, 0.25) is 0 Å². The number of ether oxygens (including phenoxy) is 6. The first kappa shape index (κ1) is 49.7. The normalized spacial score (nSPS) is 14.8. The third-order valence-corrected chi connectivity index (χ3v) is 11.3. The number of anilines is 1. The molecule has 3 aliphatic rings. The van der Waals surface area contributed by atoms with Crippen LogP contribution in [0.15, 0.2) is 69.6 Å². The number of hydrogen-bond donors (Lipinski definition) is 1. The summed E-state index contributed by atoms with van der Waals surface area (Å²) < 4.78 is 78.0. The Morgan fingerprint density at radius 1 is 0.836 bits per heavy atom. The van der Waals surface area contributed by atoms with Crippen LogP contribution in [-0.2, 0) is 54.2 Å². The fraction of sp³-hybridized carbons (Fsp3) is 0.565. The van der Waals surface area contributed by atoms with E-state index >= 15 is 0 Å². The highest BCUT2D eigenvalue weighted by atomic mass is 32.2. The molecule has 0 spiro atoms. The Morgan fingerprint density at radius 3 is 2.02 bits per heavy atom. The molecule has 1 N–H and O–H groups in total. The number of carboxylic acid groups (broad SMARTS) is 1. The Hall–Kier alpha value is -3.93. The zero-order chi connectivity index (χ0) is 44.5. The summed E-state index contributed by atoms with van der Waals surface area (Å²) >= 11 is 0. The maximum atomic E-state index is 12.0. The number of nitrogens with zero attached hydrogens (tertiary/aromatic N) is 2. The first-order chi connectivity index (χ1) is 29.1. The minimum Gasteiger partial charge on any atom is -0.744 e. The third kappa shape index (κ3) is 15.1. The van der Waals surface area contributed by atoms with Gasteiger partial charge in [-0.15, -0.1) is 0 Å². The van der Waals surface area contributed by atoms with Gasteiger partial charge in [0.25, 0.3) is 0 Å². The molecule has 0 saturated heterocycles. The molecule has 0 radical (unpaired) electrons. The maximum Gasteiger partial charge on any atom is 0.303 e. The molecule has 0 unspecified atom stereocenters. The number of carboxylic acids is 1. The van der Waals surface area contributed by atoms with Gasteiger partial charge in [-0.1, -0.05) is 53.2 Å². The van der Waals surface area contributed by atoms with Gasteiger partial charge in [0.05, 0.1) is 63.8 Å². The molecule has 338 valence electrons. The number of hydrogen-bond acceptors (Lipinski definition) is 12. The van der Waals surface area contributed by atoms with Gasteiger partial charge in [-0.2, -0.15) is 0 Å². The zero-order valence-corrected chi connectivity index (χ0v) is 37.9. The largest absolute Gasteiger partial charge is 0.744 e. The quantitative estimate of drug-likeness (QED) is 0.0534. The summed E-state index contributed by atoms with van der Waals surface area (Å²) in [5.41, 5.74) is 3.46. The van der Waals surface area contributed by atoms with Gasteiger partial charge in [0, 0.05) is 61.0 Å². The van der Waals surface area contributed by atoms with Crippen molar-refractivity contribution >= 4 is 27.9 Å². The fourth-order valence-corrected chi connectivity index (χ4v) is 7.57. The monoisotopic (exact) mass is 870 g/mol. The summed E-state index contributed by atoms with van der Waals surface area (Å²) in [5, 5.41) is 10.1. The lowest BCUT2D eigenvalue weighted by molar-refractivity contribution is -0.137. The summed E-state index contributed by atoms with van der Waals surface area (Å²) in [6.07, 6.45) is 8.21. The Morgan fingerprint density at radius 2 is 1.44 bits per heavy atom. The van der Waals surface area contributed by atoms with Gasteiger partial charge in [-0.3, -0.25) is 4.79 Å². The molecule has 61 heavy (non-hydrogen) atoms. The van der Waals surface area contributed by atoms with Gasteiger partial charge in [-0.05, 0) is 60.4 Å². The number of benzene rings is 2. The number of unbranched alkanes of at least 4 members (excludes halogenated alkanes) is 2. The van der Waals surface area contributed by atoms with Crippen molar-refractivity contribution in [1.29, 1.82) is 0 Å². The van der Waals surface area contributed by atoms with E-state index in [0.29, 0.717) is 92.1 Å². The second-order valence-corrected chi connectivity index (χ2v) is 17.8. The molecule has 1 aliphatic carbocycles. The van der Waals surface area contributed by atoms with E-state index in [1.165, 1.54) is 12.1 Å². The van der Waals surface area contributed by atoms with E-state index in [9.17, 15) is 17.8 Å². The van der Waals surface area contributed by atoms with Crippen LogP contribution < -0.4 is 14.8 Å². The van der Waals surface area contributed by atoms with E-state index < -0.39 is 21.5 Å². The molecule has 1 aromatic rings. The molecule has 0 fully saturated rings. The molecular weight excluding hydrogens is 805 g/mol. The first-order valence-electron chi connectivity index (χ1n) is 21.0. The van der Waals surface area contributed by atoms with Crippen molar-refractivity contribution in [2.75, 3.05) is 105 Å². The van der Waals surface area contributed by atoms with Crippen molar-refractivity contribution in [3.63, 3.8) is 0 Å². The molecule has 14 nitrogen and oxygen atoms in total. The molecule has 4 rings (SSSR count). The summed E-state index contributed by atoms with van der Waals surface area (Å²) in [5.74, 6) is 0.717. The van der Waals surface area contributed by atoms with Crippen LogP contribution in [0.1, 0.15) is 77.2 Å². The topological polar surface area (TPSA) is 169 Å². The number of aliphatic carboxylic acids is 1. The van der Waals surface area contributed by atoms with Gasteiger partial charge in [-0.25, -0.2) is 13.0 Å². The molecule has 0 atom stereocenters. The summed E-state index contributed by atoms with van der Waals surface area (Å²) in [6.45, 7) is 17.2. The summed E-state index contributed by atoms with van der Waals surface area (Å²) in [6, 6.07) is 12.8. The number of methoxy groups -OCH3 is 2. The van der Waals surface area contributed by atoms with Gasteiger partial charge in [0.1, 0.15) is 34.9 Å². The highest BCUT2D eigenvalue weighted by Crippen LogP contribution is 2.48. The van der Waals surface area contributed by atoms with Crippen molar-refractivity contribution in [1.82, 2.24) is 4.58 Å². The van der Waals surface area contributed by atoms with Crippen LogP contribution in [-0.4, -0.2) is 124 Å².